The first kappa shape index (κ1) is 23.2. The first-order valence-corrected chi connectivity index (χ1v) is 11.2. The van der Waals surface area contributed by atoms with Crippen molar-refractivity contribution in [1.29, 1.82) is 0 Å². The average molecular weight is 456 g/mol. The Hall–Kier alpha value is -3.97. The van der Waals surface area contributed by atoms with Gasteiger partial charge in [0, 0.05) is 37.1 Å². The molecule has 174 valence electrons. The van der Waals surface area contributed by atoms with Crippen molar-refractivity contribution in [3.8, 4) is 16.9 Å². The third-order valence-electron chi connectivity index (χ3n) is 5.63. The second kappa shape index (κ2) is 10.8. The first-order chi connectivity index (χ1) is 16.5. The molecule has 34 heavy (non-hydrogen) atoms. The number of anilines is 1. The number of methoxy groups -OCH3 is 1. The number of aryl methyl sites for hydroxylation is 2. The fraction of sp³-hybridized carbons (Fsp3) is 0.222. The van der Waals surface area contributed by atoms with Crippen molar-refractivity contribution < 1.29 is 9.53 Å². The van der Waals surface area contributed by atoms with Gasteiger partial charge in [-0.3, -0.25) is 9.48 Å². The highest BCUT2D eigenvalue weighted by Crippen LogP contribution is 2.22. The van der Waals surface area contributed by atoms with Crippen molar-refractivity contribution >= 4 is 11.7 Å². The molecule has 0 aliphatic carbocycles. The Labute approximate surface area is 199 Å². The average Bonchev–Trinajstić information content (AvgIpc) is 3.29. The largest absolute Gasteiger partial charge is 0.497 e. The van der Waals surface area contributed by atoms with Crippen LogP contribution in [0.4, 0.5) is 5.82 Å². The van der Waals surface area contributed by atoms with E-state index in [1.54, 1.807) is 30.3 Å². The summed E-state index contributed by atoms with van der Waals surface area (Å²) in [7, 11) is 3.49. The summed E-state index contributed by atoms with van der Waals surface area (Å²) in [5.74, 6) is 1.01. The Kier molecular flexibility index (Phi) is 7.34. The van der Waals surface area contributed by atoms with E-state index in [2.05, 4.69) is 51.9 Å². The van der Waals surface area contributed by atoms with Gasteiger partial charge in [-0.15, -0.1) is 0 Å². The Bertz CT molecular complexity index is 1230. The van der Waals surface area contributed by atoms with Gasteiger partial charge < -0.3 is 15.4 Å². The Morgan fingerprint density at radius 2 is 1.88 bits per heavy atom. The fourth-order valence-electron chi connectivity index (χ4n) is 3.71. The maximum absolute atomic E-state index is 13.3. The summed E-state index contributed by atoms with van der Waals surface area (Å²) < 4.78 is 7.11. The van der Waals surface area contributed by atoms with Gasteiger partial charge in [0.25, 0.3) is 0 Å². The van der Waals surface area contributed by atoms with Gasteiger partial charge in [-0.1, -0.05) is 42.0 Å². The van der Waals surface area contributed by atoms with Crippen LogP contribution in [-0.2, 0) is 18.3 Å². The zero-order chi connectivity index (χ0) is 23.9. The molecule has 2 aromatic carbocycles. The highest BCUT2D eigenvalue weighted by atomic mass is 16.5. The van der Waals surface area contributed by atoms with Crippen LogP contribution >= 0.6 is 0 Å². The molecule has 0 aliphatic rings. The second-order valence-electron chi connectivity index (χ2n) is 8.22. The molecule has 0 radical (unpaired) electrons. The summed E-state index contributed by atoms with van der Waals surface area (Å²) >= 11 is 0. The van der Waals surface area contributed by atoms with Crippen molar-refractivity contribution in [2.45, 2.75) is 19.4 Å². The second-order valence-corrected chi connectivity index (χ2v) is 8.22. The number of benzene rings is 2. The van der Waals surface area contributed by atoms with E-state index < -0.39 is 6.04 Å². The van der Waals surface area contributed by atoms with Crippen molar-refractivity contribution in [3.63, 3.8) is 0 Å². The Morgan fingerprint density at radius 3 is 2.56 bits per heavy atom. The molecule has 1 amide bonds. The predicted octanol–water partition coefficient (Wildman–Crippen LogP) is 4.31. The van der Waals surface area contributed by atoms with Gasteiger partial charge in [-0.2, -0.15) is 5.10 Å². The quantitative estimate of drug-likeness (QED) is 0.393. The molecule has 0 saturated carbocycles. The van der Waals surface area contributed by atoms with Gasteiger partial charge in [0.15, 0.2) is 0 Å². The number of ether oxygens (including phenoxy) is 1. The molecule has 0 aliphatic heterocycles. The molecular weight excluding hydrogens is 426 g/mol. The lowest BCUT2D eigenvalue weighted by molar-refractivity contribution is -0.118. The Balaban J connectivity index is 1.47. The van der Waals surface area contributed by atoms with Gasteiger partial charge in [0.2, 0.25) is 5.91 Å². The van der Waals surface area contributed by atoms with Crippen molar-refractivity contribution in [1.82, 2.24) is 20.1 Å². The first-order valence-electron chi connectivity index (χ1n) is 11.2. The third-order valence-corrected chi connectivity index (χ3v) is 5.63. The molecule has 2 N–H and O–H groups in total. The number of nitrogens with zero attached hydrogens (tertiary/aromatic N) is 3. The van der Waals surface area contributed by atoms with Crippen LogP contribution in [0.1, 0.15) is 22.7 Å². The van der Waals surface area contributed by atoms with Crippen LogP contribution < -0.4 is 15.4 Å². The standard InChI is InChI=1S/C27H29N5O2/c1-19-7-9-20(10-8-19)13-14-28-26(21-5-4-6-24(15-21)34-3)27(33)31-25-12-11-22(16-29-25)23-17-30-32(2)18-23/h4-12,15-18,26,28H,13-14H2,1-3H3,(H,29,31,33)/t26-/m0/s1. The predicted molar refractivity (Wildman–Crippen MR) is 134 cm³/mol. The van der Waals surface area contributed by atoms with Crippen LogP contribution in [0.2, 0.25) is 0 Å². The van der Waals surface area contributed by atoms with Gasteiger partial charge in [0.05, 0.1) is 13.3 Å². The minimum atomic E-state index is -0.555. The molecule has 7 nitrogen and oxygen atoms in total. The van der Waals surface area contributed by atoms with Crippen LogP contribution in [0.3, 0.4) is 0 Å². The van der Waals surface area contributed by atoms with E-state index in [1.165, 1.54) is 11.1 Å². The number of aromatic nitrogens is 3. The molecule has 4 aromatic rings. The molecule has 2 heterocycles. The highest BCUT2D eigenvalue weighted by Gasteiger charge is 2.21. The van der Waals surface area contributed by atoms with Gasteiger partial charge in [-0.05, 0) is 48.7 Å². The minimum absolute atomic E-state index is 0.182. The topological polar surface area (TPSA) is 81.1 Å². The van der Waals surface area contributed by atoms with Gasteiger partial charge >= 0.3 is 0 Å². The van der Waals surface area contributed by atoms with E-state index in [0.29, 0.717) is 18.1 Å². The maximum atomic E-state index is 13.3. The van der Waals surface area contributed by atoms with Crippen molar-refractivity contribution in [2.24, 2.45) is 7.05 Å². The van der Waals surface area contributed by atoms with Crippen LogP contribution in [0.15, 0.2) is 79.3 Å². The number of nitrogens with one attached hydrogen (secondary N) is 2. The molecule has 0 saturated heterocycles. The van der Waals surface area contributed by atoms with Crippen molar-refractivity contribution in [2.75, 3.05) is 19.0 Å². The zero-order valence-electron chi connectivity index (χ0n) is 19.7. The summed E-state index contributed by atoms with van der Waals surface area (Å²) in [5.41, 5.74) is 5.18. The van der Waals surface area contributed by atoms with Gasteiger partial charge in [-0.25, -0.2) is 4.98 Å². The molecule has 0 unspecified atom stereocenters. The number of hydrogen-bond acceptors (Lipinski definition) is 5. The molecule has 0 spiro atoms. The van der Waals surface area contributed by atoms with E-state index in [-0.39, 0.29) is 5.91 Å². The van der Waals surface area contributed by atoms with Crippen LogP contribution in [0, 0.1) is 6.92 Å². The molecule has 7 heteroatoms. The minimum Gasteiger partial charge on any atom is -0.497 e. The SMILES string of the molecule is COc1cccc([C@H](NCCc2ccc(C)cc2)C(=O)Nc2ccc(-c3cnn(C)c3)cn2)c1. The van der Waals surface area contributed by atoms with E-state index in [1.807, 2.05) is 43.6 Å². The molecule has 1 atom stereocenters. The number of amides is 1. The number of carbonyl (C=O) groups is 1. The molecule has 4 rings (SSSR count). The number of hydrogen-bond donors (Lipinski definition) is 2. The van der Waals surface area contributed by atoms with E-state index in [9.17, 15) is 4.79 Å². The molecule has 0 fully saturated rings. The van der Waals surface area contributed by atoms with E-state index in [0.717, 1.165) is 23.1 Å². The van der Waals surface area contributed by atoms with E-state index >= 15 is 0 Å². The summed E-state index contributed by atoms with van der Waals surface area (Å²) in [5, 5.41) is 10.5. The summed E-state index contributed by atoms with van der Waals surface area (Å²) in [6.45, 7) is 2.72. The zero-order valence-corrected chi connectivity index (χ0v) is 19.7. The number of carbonyl (C=O) groups excluding carboxylic acids is 1. The third kappa shape index (κ3) is 5.88. The normalized spacial score (nSPS) is 11.7. The van der Waals surface area contributed by atoms with Crippen LogP contribution in [0.5, 0.6) is 5.75 Å². The lowest BCUT2D eigenvalue weighted by Gasteiger charge is -2.19. The van der Waals surface area contributed by atoms with E-state index in [4.69, 9.17) is 4.74 Å². The van der Waals surface area contributed by atoms with Crippen molar-refractivity contribution in [3.05, 3.63) is 95.9 Å². The maximum Gasteiger partial charge on any atom is 0.247 e. The van der Waals surface area contributed by atoms with Crippen LogP contribution in [-0.4, -0.2) is 34.3 Å². The van der Waals surface area contributed by atoms with Gasteiger partial charge in [0.1, 0.15) is 17.6 Å². The Morgan fingerprint density at radius 1 is 1.06 bits per heavy atom. The summed E-state index contributed by atoms with van der Waals surface area (Å²) in [6, 6.07) is 19.1. The number of pyridine rings is 1. The monoisotopic (exact) mass is 455 g/mol. The fourth-order valence-corrected chi connectivity index (χ4v) is 3.71. The summed E-state index contributed by atoms with van der Waals surface area (Å²) in [4.78, 5) is 17.7. The smallest absolute Gasteiger partial charge is 0.247 e. The summed E-state index contributed by atoms with van der Waals surface area (Å²) in [6.07, 6.45) is 6.25. The molecular formula is C27H29N5O2. The lowest BCUT2D eigenvalue weighted by atomic mass is 10.0. The molecule has 0 bridgehead atoms. The number of rotatable bonds is 9. The molecule has 2 aromatic heterocycles. The highest BCUT2D eigenvalue weighted by molar-refractivity contribution is 5.95. The van der Waals surface area contributed by atoms with Crippen LogP contribution in [0.25, 0.3) is 11.1 Å². The lowest BCUT2D eigenvalue weighted by Crippen LogP contribution is -2.34.